The SMILES string of the molecule is CCc1nnc2ccc(-c3noc(-c4ccccc4Br)n3)cn12. The molecular weight excluding hydrogens is 358 g/mol. The molecule has 0 aliphatic rings. The van der Waals surface area contributed by atoms with Crippen molar-refractivity contribution in [3.8, 4) is 22.8 Å². The number of halogens is 1. The van der Waals surface area contributed by atoms with Crippen molar-refractivity contribution >= 4 is 21.6 Å². The minimum Gasteiger partial charge on any atom is -0.334 e. The van der Waals surface area contributed by atoms with Crippen LogP contribution in [0.25, 0.3) is 28.5 Å². The van der Waals surface area contributed by atoms with Crippen LogP contribution in [0.5, 0.6) is 0 Å². The first kappa shape index (κ1) is 14.1. The lowest BCUT2D eigenvalue weighted by Crippen LogP contribution is -1.93. The molecule has 0 atom stereocenters. The number of fused-ring (bicyclic) bond motifs is 1. The summed E-state index contributed by atoms with van der Waals surface area (Å²) in [6, 6.07) is 11.6. The summed E-state index contributed by atoms with van der Waals surface area (Å²) in [5, 5.41) is 12.4. The van der Waals surface area contributed by atoms with Gasteiger partial charge in [-0.3, -0.25) is 4.40 Å². The van der Waals surface area contributed by atoms with Crippen molar-refractivity contribution in [1.29, 1.82) is 0 Å². The summed E-state index contributed by atoms with van der Waals surface area (Å²) in [6.45, 7) is 2.04. The van der Waals surface area contributed by atoms with Crippen LogP contribution >= 0.6 is 15.9 Å². The maximum Gasteiger partial charge on any atom is 0.259 e. The quantitative estimate of drug-likeness (QED) is 0.549. The third kappa shape index (κ3) is 2.43. The standard InChI is InChI=1S/C16H12BrN5O/c1-2-13-19-20-14-8-7-10(9-22(13)14)15-18-16(23-21-15)11-5-3-4-6-12(11)17/h3-9H,2H2,1H3. The van der Waals surface area contributed by atoms with Crippen LogP contribution in [-0.4, -0.2) is 24.7 Å². The molecule has 0 bridgehead atoms. The van der Waals surface area contributed by atoms with Crippen molar-refractivity contribution in [2.24, 2.45) is 0 Å². The molecule has 0 N–H and O–H groups in total. The lowest BCUT2D eigenvalue weighted by Gasteiger charge is -1.99. The predicted molar refractivity (Wildman–Crippen MR) is 88.8 cm³/mol. The highest BCUT2D eigenvalue weighted by atomic mass is 79.9. The maximum absolute atomic E-state index is 5.40. The number of rotatable bonds is 3. The molecule has 114 valence electrons. The first-order chi connectivity index (χ1) is 11.3. The summed E-state index contributed by atoms with van der Waals surface area (Å²) < 4.78 is 8.27. The van der Waals surface area contributed by atoms with Crippen molar-refractivity contribution in [3.05, 3.63) is 52.9 Å². The molecule has 4 rings (SSSR count). The van der Waals surface area contributed by atoms with Crippen LogP contribution in [0.2, 0.25) is 0 Å². The third-order valence-corrected chi connectivity index (χ3v) is 4.27. The monoisotopic (exact) mass is 369 g/mol. The van der Waals surface area contributed by atoms with Crippen molar-refractivity contribution < 1.29 is 4.52 Å². The highest BCUT2D eigenvalue weighted by molar-refractivity contribution is 9.10. The molecule has 0 radical (unpaired) electrons. The van der Waals surface area contributed by atoms with Gasteiger partial charge in [0.2, 0.25) is 5.82 Å². The molecule has 0 saturated carbocycles. The number of aromatic nitrogens is 5. The molecule has 0 amide bonds. The van der Waals surface area contributed by atoms with E-state index >= 15 is 0 Å². The highest BCUT2D eigenvalue weighted by Crippen LogP contribution is 2.28. The van der Waals surface area contributed by atoms with E-state index in [2.05, 4.69) is 36.3 Å². The largest absolute Gasteiger partial charge is 0.334 e. The molecule has 0 fully saturated rings. The van der Waals surface area contributed by atoms with Crippen LogP contribution in [0, 0.1) is 0 Å². The zero-order chi connectivity index (χ0) is 15.8. The van der Waals surface area contributed by atoms with Crippen molar-refractivity contribution in [3.63, 3.8) is 0 Å². The van der Waals surface area contributed by atoms with E-state index in [-0.39, 0.29) is 0 Å². The van der Waals surface area contributed by atoms with Crippen LogP contribution in [0.3, 0.4) is 0 Å². The summed E-state index contributed by atoms with van der Waals surface area (Å²) in [4.78, 5) is 4.50. The Bertz CT molecular complexity index is 991. The molecule has 23 heavy (non-hydrogen) atoms. The molecule has 1 aromatic carbocycles. The number of hydrogen-bond donors (Lipinski definition) is 0. The Labute approximate surface area is 140 Å². The van der Waals surface area contributed by atoms with E-state index in [9.17, 15) is 0 Å². The van der Waals surface area contributed by atoms with Crippen LogP contribution in [0.1, 0.15) is 12.7 Å². The van der Waals surface area contributed by atoms with Gasteiger partial charge in [0.15, 0.2) is 5.65 Å². The van der Waals surface area contributed by atoms with Crippen LogP contribution in [-0.2, 0) is 6.42 Å². The molecule has 0 aliphatic carbocycles. The molecular formula is C16H12BrN5O. The highest BCUT2D eigenvalue weighted by Gasteiger charge is 2.14. The lowest BCUT2D eigenvalue weighted by atomic mass is 10.2. The molecule has 4 aromatic rings. The van der Waals surface area contributed by atoms with E-state index in [0.717, 1.165) is 33.5 Å². The third-order valence-electron chi connectivity index (χ3n) is 3.58. The van der Waals surface area contributed by atoms with Crippen molar-refractivity contribution in [1.82, 2.24) is 24.7 Å². The van der Waals surface area contributed by atoms with Crippen LogP contribution < -0.4 is 0 Å². The van der Waals surface area contributed by atoms with Gasteiger partial charge in [-0.1, -0.05) is 24.2 Å². The molecule has 7 heteroatoms. The second-order valence-corrected chi connectivity index (χ2v) is 5.87. The van der Waals surface area contributed by atoms with E-state index in [4.69, 9.17) is 4.52 Å². The first-order valence-corrected chi connectivity index (χ1v) is 7.98. The Hall–Kier alpha value is -2.54. The van der Waals surface area contributed by atoms with Crippen molar-refractivity contribution in [2.45, 2.75) is 13.3 Å². The minimum atomic E-state index is 0.479. The zero-order valence-corrected chi connectivity index (χ0v) is 13.9. The van der Waals surface area contributed by atoms with Crippen LogP contribution in [0.15, 0.2) is 51.6 Å². The Morgan fingerprint density at radius 2 is 2.00 bits per heavy atom. The summed E-state index contributed by atoms with van der Waals surface area (Å²) in [6.07, 6.45) is 2.74. The van der Waals surface area contributed by atoms with E-state index in [1.807, 2.05) is 53.9 Å². The van der Waals surface area contributed by atoms with E-state index in [1.165, 1.54) is 0 Å². The molecule has 0 spiro atoms. The lowest BCUT2D eigenvalue weighted by molar-refractivity contribution is 0.432. The van der Waals surface area contributed by atoms with E-state index < -0.39 is 0 Å². The topological polar surface area (TPSA) is 69.1 Å². The molecule has 3 aromatic heterocycles. The minimum absolute atomic E-state index is 0.479. The predicted octanol–water partition coefficient (Wildman–Crippen LogP) is 3.77. The normalized spacial score (nSPS) is 11.2. The van der Waals surface area contributed by atoms with Gasteiger partial charge in [-0.15, -0.1) is 10.2 Å². The smallest absolute Gasteiger partial charge is 0.259 e. The number of hydrogen-bond acceptors (Lipinski definition) is 5. The van der Waals surface area contributed by atoms with Gasteiger partial charge in [0.1, 0.15) is 5.82 Å². The average Bonchev–Trinajstić information content (AvgIpc) is 3.21. The molecule has 6 nitrogen and oxygen atoms in total. The summed E-state index contributed by atoms with van der Waals surface area (Å²) in [7, 11) is 0. The molecule has 0 aliphatic heterocycles. The Kier molecular flexibility index (Phi) is 3.42. The van der Waals surface area contributed by atoms with Gasteiger partial charge in [-0.25, -0.2) is 0 Å². The van der Waals surface area contributed by atoms with Gasteiger partial charge in [-0.2, -0.15) is 4.98 Å². The number of nitrogens with zero attached hydrogens (tertiary/aromatic N) is 5. The fraction of sp³-hybridized carbons (Fsp3) is 0.125. The van der Waals surface area contributed by atoms with Gasteiger partial charge in [0.25, 0.3) is 5.89 Å². The summed E-state index contributed by atoms with van der Waals surface area (Å²) >= 11 is 3.50. The zero-order valence-electron chi connectivity index (χ0n) is 12.3. The van der Waals surface area contributed by atoms with Gasteiger partial charge >= 0.3 is 0 Å². The van der Waals surface area contributed by atoms with Gasteiger partial charge in [0, 0.05) is 22.7 Å². The van der Waals surface area contributed by atoms with Gasteiger partial charge < -0.3 is 4.52 Å². The van der Waals surface area contributed by atoms with Gasteiger partial charge in [0.05, 0.1) is 5.56 Å². The summed E-state index contributed by atoms with van der Waals surface area (Å²) in [5.41, 5.74) is 2.53. The fourth-order valence-corrected chi connectivity index (χ4v) is 2.85. The van der Waals surface area contributed by atoms with Gasteiger partial charge in [-0.05, 0) is 40.2 Å². The number of aryl methyl sites for hydroxylation is 1. The first-order valence-electron chi connectivity index (χ1n) is 7.19. The Morgan fingerprint density at radius 1 is 1.13 bits per heavy atom. The molecule has 0 saturated heterocycles. The van der Waals surface area contributed by atoms with E-state index in [1.54, 1.807) is 0 Å². The maximum atomic E-state index is 5.40. The molecule has 3 heterocycles. The Balaban J connectivity index is 1.78. The fourth-order valence-electron chi connectivity index (χ4n) is 2.40. The second kappa shape index (κ2) is 5.58. The Morgan fingerprint density at radius 3 is 2.83 bits per heavy atom. The molecule has 0 unspecified atom stereocenters. The average molecular weight is 370 g/mol. The number of benzene rings is 1. The summed E-state index contributed by atoms with van der Waals surface area (Å²) in [5.74, 6) is 1.91. The number of pyridine rings is 1. The van der Waals surface area contributed by atoms with Crippen LogP contribution in [0.4, 0.5) is 0 Å². The van der Waals surface area contributed by atoms with Crippen molar-refractivity contribution in [2.75, 3.05) is 0 Å². The second-order valence-electron chi connectivity index (χ2n) is 5.02. The van der Waals surface area contributed by atoms with E-state index in [0.29, 0.717) is 11.7 Å².